The van der Waals surface area contributed by atoms with Gasteiger partial charge in [0.05, 0.1) is 36.9 Å². The lowest BCUT2D eigenvalue weighted by molar-refractivity contribution is -0.159. The van der Waals surface area contributed by atoms with E-state index in [0.717, 1.165) is 36.2 Å². The first-order valence-electron chi connectivity index (χ1n) is 7.77. The molecular formula is C16H19N3O3. The molecule has 0 aliphatic carbocycles. The minimum atomic E-state index is -0.473. The molecule has 0 radical (unpaired) electrons. The Morgan fingerprint density at radius 3 is 3.05 bits per heavy atom. The molecule has 6 heteroatoms. The van der Waals surface area contributed by atoms with Crippen molar-refractivity contribution in [2.24, 2.45) is 0 Å². The van der Waals surface area contributed by atoms with Crippen LogP contribution in [0.4, 0.5) is 0 Å². The monoisotopic (exact) mass is 301 g/mol. The van der Waals surface area contributed by atoms with Crippen molar-refractivity contribution in [3.8, 4) is 0 Å². The number of nitrogens with zero attached hydrogens (tertiary/aromatic N) is 2. The molecule has 1 amide bonds. The molecule has 2 fully saturated rings. The summed E-state index contributed by atoms with van der Waals surface area (Å²) in [5.41, 5.74) is 1.95. The number of rotatable bonds is 2. The lowest BCUT2D eigenvalue weighted by atomic mass is 10.2. The third kappa shape index (κ3) is 2.38. The first-order chi connectivity index (χ1) is 10.8. The van der Waals surface area contributed by atoms with E-state index < -0.39 is 6.10 Å². The highest BCUT2D eigenvalue weighted by Crippen LogP contribution is 2.32. The molecule has 2 aliphatic rings. The summed E-state index contributed by atoms with van der Waals surface area (Å²) in [6, 6.07) is 7.94. The first kappa shape index (κ1) is 13.7. The van der Waals surface area contributed by atoms with Crippen LogP contribution in [0.2, 0.25) is 0 Å². The Balaban J connectivity index is 1.58. The largest absolute Gasteiger partial charge is 0.376 e. The van der Waals surface area contributed by atoms with Crippen LogP contribution < -0.4 is 0 Å². The zero-order chi connectivity index (χ0) is 14.9. The van der Waals surface area contributed by atoms with E-state index in [2.05, 4.69) is 9.97 Å². The number of hydrogen-bond donors (Lipinski definition) is 1. The predicted molar refractivity (Wildman–Crippen MR) is 80.3 cm³/mol. The van der Waals surface area contributed by atoms with Crippen LogP contribution in [0.15, 0.2) is 24.3 Å². The van der Waals surface area contributed by atoms with Gasteiger partial charge in [0.15, 0.2) is 6.10 Å². The van der Waals surface area contributed by atoms with E-state index in [9.17, 15) is 4.79 Å². The number of aromatic amines is 1. The summed E-state index contributed by atoms with van der Waals surface area (Å²) in [4.78, 5) is 22.6. The molecule has 2 aliphatic heterocycles. The summed E-state index contributed by atoms with van der Waals surface area (Å²) in [7, 11) is 0. The summed E-state index contributed by atoms with van der Waals surface area (Å²) in [5.74, 6) is 0.881. The number of amides is 1. The second-order valence-corrected chi connectivity index (χ2v) is 5.76. The number of likely N-dealkylation sites (tertiary alicyclic amines) is 1. The van der Waals surface area contributed by atoms with Gasteiger partial charge in [-0.15, -0.1) is 0 Å². The van der Waals surface area contributed by atoms with Gasteiger partial charge >= 0.3 is 0 Å². The Morgan fingerprint density at radius 2 is 2.23 bits per heavy atom. The highest BCUT2D eigenvalue weighted by molar-refractivity contribution is 5.82. The van der Waals surface area contributed by atoms with Crippen molar-refractivity contribution in [2.45, 2.75) is 25.0 Å². The molecule has 4 rings (SSSR count). The molecule has 1 N–H and O–H groups in total. The number of para-hydroxylation sites is 2. The third-order valence-electron chi connectivity index (χ3n) is 4.35. The van der Waals surface area contributed by atoms with Gasteiger partial charge in [0.25, 0.3) is 5.91 Å². The summed E-state index contributed by atoms with van der Waals surface area (Å²) in [5, 5.41) is 0. The number of H-pyrrole nitrogens is 1. The highest BCUT2D eigenvalue weighted by atomic mass is 16.6. The van der Waals surface area contributed by atoms with Gasteiger partial charge in [0.2, 0.25) is 0 Å². The molecule has 22 heavy (non-hydrogen) atoms. The number of benzene rings is 1. The zero-order valence-corrected chi connectivity index (χ0v) is 12.3. The normalized spacial score (nSPS) is 25.7. The van der Waals surface area contributed by atoms with Crippen molar-refractivity contribution in [2.75, 3.05) is 26.4 Å². The Labute approximate surface area is 128 Å². The van der Waals surface area contributed by atoms with Crippen molar-refractivity contribution in [3.63, 3.8) is 0 Å². The van der Waals surface area contributed by atoms with E-state index in [1.165, 1.54) is 0 Å². The van der Waals surface area contributed by atoms with Gasteiger partial charge in [0, 0.05) is 6.54 Å². The maximum atomic E-state index is 12.7. The average Bonchev–Trinajstić information content (AvgIpc) is 3.21. The van der Waals surface area contributed by atoms with Crippen molar-refractivity contribution < 1.29 is 14.3 Å². The van der Waals surface area contributed by atoms with Gasteiger partial charge in [-0.2, -0.15) is 0 Å². The summed E-state index contributed by atoms with van der Waals surface area (Å²) in [6.45, 7) is 2.15. The summed E-state index contributed by atoms with van der Waals surface area (Å²) >= 11 is 0. The number of carbonyl (C=O) groups is 1. The topological polar surface area (TPSA) is 67.5 Å². The molecular weight excluding hydrogens is 282 g/mol. The fourth-order valence-corrected chi connectivity index (χ4v) is 3.26. The first-order valence-corrected chi connectivity index (χ1v) is 7.77. The van der Waals surface area contributed by atoms with Crippen molar-refractivity contribution in [1.82, 2.24) is 14.9 Å². The molecule has 2 aromatic rings. The molecule has 1 aromatic carbocycles. The lowest BCUT2D eigenvalue weighted by Gasteiger charge is -2.29. The zero-order valence-electron chi connectivity index (χ0n) is 12.3. The van der Waals surface area contributed by atoms with Crippen molar-refractivity contribution in [1.29, 1.82) is 0 Å². The highest BCUT2D eigenvalue weighted by Gasteiger charge is 2.36. The number of ether oxygens (including phenoxy) is 2. The molecule has 1 aromatic heterocycles. The molecule has 116 valence electrons. The van der Waals surface area contributed by atoms with E-state index >= 15 is 0 Å². The van der Waals surface area contributed by atoms with E-state index in [0.29, 0.717) is 19.8 Å². The Kier molecular flexibility index (Phi) is 3.56. The van der Waals surface area contributed by atoms with E-state index in [4.69, 9.17) is 9.47 Å². The van der Waals surface area contributed by atoms with Crippen LogP contribution in [-0.2, 0) is 14.3 Å². The third-order valence-corrected chi connectivity index (χ3v) is 4.35. The fourth-order valence-electron chi connectivity index (χ4n) is 3.26. The second kappa shape index (κ2) is 5.70. The van der Waals surface area contributed by atoms with Crippen LogP contribution in [0, 0.1) is 0 Å². The molecule has 0 spiro atoms. The number of imidazole rings is 1. The van der Waals surface area contributed by atoms with Gasteiger partial charge in [-0.1, -0.05) is 12.1 Å². The second-order valence-electron chi connectivity index (χ2n) is 5.76. The van der Waals surface area contributed by atoms with Gasteiger partial charge < -0.3 is 19.4 Å². The molecule has 0 unspecified atom stereocenters. The summed E-state index contributed by atoms with van der Waals surface area (Å²) < 4.78 is 10.9. The minimum Gasteiger partial charge on any atom is -0.376 e. The Bertz CT molecular complexity index is 645. The van der Waals surface area contributed by atoms with Crippen LogP contribution in [0.5, 0.6) is 0 Å². The Morgan fingerprint density at radius 1 is 1.32 bits per heavy atom. The maximum absolute atomic E-state index is 12.7. The maximum Gasteiger partial charge on any atom is 0.254 e. The van der Waals surface area contributed by atoms with Gasteiger partial charge in [-0.25, -0.2) is 4.98 Å². The van der Waals surface area contributed by atoms with E-state index in [1.807, 2.05) is 29.2 Å². The van der Waals surface area contributed by atoms with E-state index in [1.54, 1.807) is 0 Å². The molecule has 0 bridgehead atoms. The average molecular weight is 301 g/mol. The number of aromatic nitrogens is 2. The van der Waals surface area contributed by atoms with Gasteiger partial charge in [-0.3, -0.25) is 4.79 Å². The molecule has 2 atom stereocenters. The molecule has 3 heterocycles. The van der Waals surface area contributed by atoms with Crippen LogP contribution in [0.3, 0.4) is 0 Å². The van der Waals surface area contributed by atoms with Crippen molar-refractivity contribution in [3.05, 3.63) is 30.1 Å². The SMILES string of the molecule is O=C([C@@H]1COCCO1)N1CCC[C@@H]1c1nc2ccccc2[nH]1. The number of carbonyl (C=O) groups excluding carboxylic acids is 1. The van der Waals surface area contributed by atoms with E-state index in [-0.39, 0.29) is 11.9 Å². The van der Waals surface area contributed by atoms with Crippen LogP contribution in [0.1, 0.15) is 24.7 Å². The molecule has 2 saturated heterocycles. The predicted octanol–water partition coefficient (Wildman–Crippen LogP) is 1.64. The van der Waals surface area contributed by atoms with Crippen LogP contribution in [0.25, 0.3) is 11.0 Å². The van der Waals surface area contributed by atoms with Gasteiger partial charge in [0.1, 0.15) is 5.82 Å². The number of hydrogen-bond acceptors (Lipinski definition) is 4. The summed E-state index contributed by atoms with van der Waals surface area (Å²) in [6.07, 6.45) is 1.44. The van der Waals surface area contributed by atoms with Crippen LogP contribution >= 0.6 is 0 Å². The quantitative estimate of drug-likeness (QED) is 0.915. The van der Waals surface area contributed by atoms with Crippen LogP contribution in [-0.4, -0.2) is 53.2 Å². The standard InChI is InChI=1S/C16H19N3O3/c20-16(14-10-21-8-9-22-14)19-7-3-6-13(19)15-17-11-4-1-2-5-12(11)18-15/h1-2,4-5,13-14H,3,6-10H2,(H,17,18)/t13-,14+/m1/s1. The lowest BCUT2D eigenvalue weighted by Crippen LogP contribution is -2.45. The fraction of sp³-hybridized carbons (Fsp3) is 0.500. The molecule has 6 nitrogen and oxygen atoms in total. The number of fused-ring (bicyclic) bond motifs is 1. The molecule has 0 saturated carbocycles. The smallest absolute Gasteiger partial charge is 0.254 e. The van der Waals surface area contributed by atoms with Gasteiger partial charge in [-0.05, 0) is 25.0 Å². The Hall–Kier alpha value is -1.92. The number of nitrogens with one attached hydrogen (secondary N) is 1. The van der Waals surface area contributed by atoms with Crippen molar-refractivity contribution >= 4 is 16.9 Å². The minimum absolute atomic E-state index is 0.00502.